The van der Waals surface area contributed by atoms with Gasteiger partial charge in [-0.25, -0.2) is 0 Å². The molecule has 0 aromatic rings. The van der Waals surface area contributed by atoms with Crippen molar-refractivity contribution in [2.24, 2.45) is 22.6 Å². The molecule has 0 aromatic carbocycles. The summed E-state index contributed by atoms with van der Waals surface area (Å²) in [7, 11) is 0. The van der Waals surface area contributed by atoms with Gasteiger partial charge in [-0.05, 0) is 46.0 Å². The molecular weight excluding hydrogens is 248 g/mol. The molecule has 20 heavy (non-hydrogen) atoms. The molecule has 0 atom stereocenters. The maximum absolute atomic E-state index is 6.15. The summed E-state index contributed by atoms with van der Waals surface area (Å²) in [5.74, 6) is 2.95. The van der Waals surface area contributed by atoms with E-state index in [9.17, 15) is 0 Å². The van der Waals surface area contributed by atoms with Gasteiger partial charge in [0.25, 0.3) is 0 Å². The van der Waals surface area contributed by atoms with Gasteiger partial charge in [0, 0.05) is 30.2 Å². The van der Waals surface area contributed by atoms with E-state index < -0.39 is 0 Å². The molecule has 0 radical (unpaired) electrons. The van der Waals surface area contributed by atoms with Gasteiger partial charge in [0.05, 0.1) is 6.54 Å². The maximum atomic E-state index is 6.15. The number of nitrogens with two attached hydrogens (primary N) is 3. The quantitative estimate of drug-likeness (QED) is 0.465. The lowest BCUT2D eigenvalue weighted by Crippen LogP contribution is -2.44. The van der Waals surface area contributed by atoms with Crippen molar-refractivity contribution in [2.75, 3.05) is 19.6 Å². The molecule has 4 heteroatoms. The lowest BCUT2D eigenvalue weighted by Gasteiger charge is -2.37. The van der Waals surface area contributed by atoms with Gasteiger partial charge in [-0.3, -0.25) is 4.90 Å². The van der Waals surface area contributed by atoms with Crippen molar-refractivity contribution < 1.29 is 0 Å². The van der Waals surface area contributed by atoms with Gasteiger partial charge in [0.15, 0.2) is 0 Å². The Morgan fingerprint density at radius 1 is 0.950 bits per heavy atom. The average Bonchev–Trinajstić information content (AvgIpc) is 2.17. The molecule has 0 aromatic heterocycles. The molecule has 0 aliphatic heterocycles. The molecule has 0 saturated carbocycles. The normalized spacial score (nSPS) is 13.2. The summed E-state index contributed by atoms with van der Waals surface area (Å²) in [6.07, 6.45) is 1.89. The summed E-state index contributed by atoms with van der Waals surface area (Å²) in [6, 6.07) is 2.48. The fourth-order valence-corrected chi connectivity index (χ4v) is 2.71. The Hall–Kier alpha value is -0.760. The van der Waals surface area contributed by atoms with Crippen LogP contribution in [0.5, 0.6) is 0 Å². The minimum Gasteiger partial charge on any atom is -0.359 e. The molecule has 0 fully saturated rings. The third-order valence-corrected chi connectivity index (χ3v) is 3.06. The van der Waals surface area contributed by atoms with Gasteiger partial charge in [-0.1, -0.05) is 19.8 Å². The van der Waals surface area contributed by atoms with Gasteiger partial charge in [0.1, 0.15) is 0 Å². The lowest BCUT2D eigenvalue weighted by atomic mass is 9.80. The van der Waals surface area contributed by atoms with Gasteiger partial charge < -0.3 is 17.2 Å². The van der Waals surface area contributed by atoms with E-state index in [1.54, 1.807) is 0 Å². The van der Waals surface area contributed by atoms with Gasteiger partial charge >= 0.3 is 0 Å². The first-order chi connectivity index (χ1) is 8.85. The second-order valence-electron chi connectivity index (χ2n) is 8.10. The predicted octanol–water partition coefficient (Wildman–Crippen LogP) is 1.49. The molecule has 0 aliphatic carbocycles. The summed E-state index contributed by atoms with van der Waals surface area (Å²) < 4.78 is 0. The second-order valence-corrected chi connectivity index (χ2v) is 8.10. The minimum atomic E-state index is -0.165. The molecule has 6 N–H and O–H groups in total. The van der Waals surface area contributed by atoms with Crippen LogP contribution in [0.3, 0.4) is 0 Å². The smallest absolute Gasteiger partial charge is 0.0620 e. The largest absolute Gasteiger partial charge is 0.359 e. The Labute approximate surface area is 125 Å². The number of hydrogen-bond donors (Lipinski definition) is 3. The van der Waals surface area contributed by atoms with Gasteiger partial charge in [-0.15, -0.1) is 0 Å². The Bertz CT molecular complexity index is 336. The Balaban J connectivity index is 4.65. The molecule has 0 bridgehead atoms. The number of rotatable bonds is 8. The molecular formula is C16H34N4. The fourth-order valence-electron chi connectivity index (χ4n) is 2.71. The Kier molecular flexibility index (Phi) is 7.03. The summed E-state index contributed by atoms with van der Waals surface area (Å²) in [6.45, 7) is 15.3. The van der Waals surface area contributed by atoms with E-state index in [4.69, 9.17) is 17.2 Å². The molecule has 0 unspecified atom stereocenters. The van der Waals surface area contributed by atoms with Crippen LogP contribution in [0.2, 0.25) is 0 Å². The summed E-state index contributed by atoms with van der Waals surface area (Å²) >= 11 is 0. The second kappa shape index (κ2) is 7.31. The highest BCUT2D eigenvalue weighted by Crippen LogP contribution is 2.27. The average molecular weight is 282 g/mol. The van der Waals surface area contributed by atoms with Crippen LogP contribution in [0.25, 0.3) is 0 Å². The number of nitrogens with zero attached hydrogens (tertiary/aromatic N) is 1. The molecule has 118 valence electrons. The Morgan fingerprint density at radius 2 is 1.50 bits per heavy atom. The van der Waals surface area contributed by atoms with Crippen molar-refractivity contribution in [3.63, 3.8) is 0 Å². The highest BCUT2D eigenvalue weighted by atomic mass is 15.1. The van der Waals surface area contributed by atoms with Crippen molar-refractivity contribution in [1.82, 2.24) is 4.90 Å². The zero-order valence-electron chi connectivity index (χ0n) is 14.2. The van der Waals surface area contributed by atoms with Crippen molar-refractivity contribution >= 4 is 0 Å². The topological polar surface area (TPSA) is 81.3 Å². The van der Waals surface area contributed by atoms with E-state index in [0.717, 1.165) is 25.9 Å². The fraction of sp³-hybridized carbons (Fsp3) is 0.875. The van der Waals surface area contributed by atoms with Crippen molar-refractivity contribution in [2.45, 2.75) is 65.5 Å². The van der Waals surface area contributed by atoms with Gasteiger partial charge in [-0.2, -0.15) is 0 Å². The molecule has 0 saturated heterocycles. The van der Waals surface area contributed by atoms with Crippen LogP contribution in [0.1, 0.15) is 54.4 Å². The van der Waals surface area contributed by atoms with Crippen LogP contribution >= 0.6 is 0 Å². The van der Waals surface area contributed by atoms with Crippen LogP contribution in [-0.4, -0.2) is 35.6 Å². The van der Waals surface area contributed by atoms with Crippen LogP contribution in [0, 0.1) is 17.4 Å². The third kappa shape index (κ3) is 11.1. The first kappa shape index (κ1) is 19.2. The van der Waals surface area contributed by atoms with Crippen molar-refractivity contribution in [1.29, 1.82) is 0 Å². The molecule has 0 spiro atoms. The highest BCUT2D eigenvalue weighted by molar-refractivity contribution is 4.98. The molecule has 0 amide bonds. The van der Waals surface area contributed by atoms with Crippen LogP contribution in [0.4, 0.5) is 0 Å². The summed E-state index contributed by atoms with van der Waals surface area (Å²) in [4.78, 5) is 2.32. The molecule has 4 nitrogen and oxygen atoms in total. The van der Waals surface area contributed by atoms with Crippen LogP contribution in [-0.2, 0) is 0 Å². The van der Waals surface area contributed by atoms with E-state index in [2.05, 4.69) is 44.6 Å². The summed E-state index contributed by atoms with van der Waals surface area (Å²) in [5, 5.41) is 0. The van der Waals surface area contributed by atoms with E-state index in [-0.39, 0.29) is 16.5 Å². The monoisotopic (exact) mass is 282 g/mol. The first-order valence-corrected chi connectivity index (χ1v) is 7.33. The lowest BCUT2D eigenvalue weighted by molar-refractivity contribution is 0.152. The zero-order valence-corrected chi connectivity index (χ0v) is 14.2. The van der Waals surface area contributed by atoms with Crippen LogP contribution < -0.4 is 17.2 Å². The first-order valence-electron chi connectivity index (χ1n) is 7.33. The number of hydrogen-bond acceptors (Lipinski definition) is 4. The molecule has 0 rings (SSSR count). The molecule has 0 aliphatic rings. The van der Waals surface area contributed by atoms with E-state index in [1.165, 1.54) is 0 Å². The minimum absolute atomic E-state index is 0.132. The highest BCUT2D eigenvalue weighted by Gasteiger charge is 2.28. The Morgan fingerprint density at radius 3 is 1.90 bits per heavy atom. The van der Waals surface area contributed by atoms with Crippen LogP contribution in [0.15, 0.2) is 0 Å². The van der Waals surface area contributed by atoms with Crippen molar-refractivity contribution in [3.05, 3.63) is 0 Å². The van der Waals surface area contributed by atoms with Crippen molar-refractivity contribution in [3.8, 4) is 12.0 Å². The molecule has 0 heterocycles. The van der Waals surface area contributed by atoms with E-state index >= 15 is 0 Å². The predicted molar refractivity (Wildman–Crippen MR) is 88.0 cm³/mol. The van der Waals surface area contributed by atoms with E-state index in [0.29, 0.717) is 6.54 Å². The SMILES string of the molecule is CC(C)(N)CCN(CC#CN)CC(C)(C)CC(C)(C)N. The summed E-state index contributed by atoms with van der Waals surface area (Å²) in [5.41, 5.74) is 17.3. The zero-order chi connectivity index (χ0) is 16.0. The van der Waals surface area contributed by atoms with E-state index in [1.807, 2.05) is 13.8 Å². The maximum Gasteiger partial charge on any atom is 0.0620 e. The van der Waals surface area contributed by atoms with Gasteiger partial charge in [0.2, 0.25) is 0 Å². The third-order valence-electron chi connectivity index (χ3n) is 3.06. The standard InChI is InChI=1S/C16H34N4/c1-14(2,12-16(5,6)19)13-20(10-7-9-17)11-8-15(3,4)18/h8,10-13,17-19H2,1-6H3.